The standard InChI is InChI=1S/C21H21N5O3/c27-20(24-29)8-7-15-3-1-2-4-19(15)25-9-11-26(12-10-25)21(28)16-5-6-17-14-22-23-18(17)13-16/h1-8,13,29H,9-12,14H2,(H,24,27)/b8-7+. The minimum absolute atomic E-state index is 0.00217. The van der Waals surface area contributed by atoms with Crippen molar-refractivity contribution in [3.05, 3.63) is 65.2 Å². The number of azo groups is 1. The molecule has 0 saturated carbocycles. The highest BCUT2D eigenvalue weighted by atomic mass is 16.5. The van der Waals surface area contributed by atoms with E-state index in [1.807, 2.05) is 47.4 Å². The lowest BCUT2D eigenvalue weighted by atomic mass is 10.1. The number of fused-ring (bicyclic) bond motifs is 1. The van der Waals surface area contributed by atoms with E-state index in [0.717, 1.165) is 22.5 Å². The van der Waals surface area contributed by atoms with Gasteiger partial charge in [0.05, 0.1) is 12.2 Å². The molecule has 2 N–H and O–H groups in total. The summed E-state index contributed by atoms with van der Waals surface area (Å²) in [5, 5.41) is 16.7. The molecule has 0 atom stereocenters. The van der Waals surface area contributed by atoms with Crippen molar-refractivity contribution < 1.29 is 14.8 Å². The maximum Gasteiger partial charge on any atom is 0.267 e. The van der Waals surface area contributed by atoms with Crippen LogP contribution in [0, 0.1) is 0 Å². The third-order valence-corrected chi connectivity index (χ3v) is 5.12. The van der Waals surface area contributed by atoms with E-state index in [0.29, 0.717) is 38.3 Å². The first-order valence-electron chi connectivity index (χ1n) is 9.41. The second-order valence-corrected chi connectivity index (χ2v) is 6.89. The Balaban J connectivity index is 1.43. The molecule has 8 heteroatoms. The molecule has 2 aromatic rings. The molecule has 0 aromatic heterocycles. The van der Waals surface area contributed by atoms with E-state index in [4.69, 9.17) is 5.21 Å². The van der Waals surface area contributed by atoms with Crippen LogP contribution in [0.15, 0.2) is 58.8 Å². The molecule has 2 heterocycles. The van der Waals surface area contributed by atoms with Gasteiger partial charge >= 0.3 is 0 Å². The maximum absolute atomic E-state index is 12.9. The summed E-state index contributed by atoms with van der Waals surface area (Å²) in [5.74, 6) is -0.577. The van der Waals surface area contributed by atoms with Gasteiger partial charge in [0.1, 0.15) is 0 Å². The number of rotatable bonds is 4. The number of hydrogen-bond donors (Lipinski definition) is 2. The van der Waals surface area contributed by atoms with Crippen molar-refractivity contribution in [1.82, 2.24) is 10.4 Å². The van der Waals surface area contributed by atoms with E-state index in [-0.39, 0.29) is 5.91 Å². The number of hydrogen-bond acceptors (Lipinski definition) is 6. The molecule has 2 aliphatic rings. The van der Waals surface area contributed by atoms with E-state index in [1.165, 1.54) is 6.08 Å². The third-order valence-electron chi connectivity index (χ3n) is 5.12. The quantitative estimate of drug-likeness (QED) is 0.476. The first-order chi connectivity index (χ1) is 14.2. The van der Waals surface area contributed by atoms with Crippen molar-refractivity contribution in [3.8, 4) is 0 Å². The Morgan fingerprint density at radius 1 is 1.07 bits per heavy atom. The number of anilines is 1. The van der Waals surface area contributed by atoms with E-state index in [2.05, 4.69) is 15.1 Å². The number of benzene rings is 2. The van der Waals surface area contributed by atoms with Gasteiger partial charge < -0.3 is 9.80 Å². The van der Waals surface area contributed by atoms with E-state index in [1.54, 1.807) is 11.6 Å². The highest BCUT2D eigenvalue weighted by Gasteiger charge is 2.24. The van der Waals surface area contributed by atoms with Gasteiger partial charge in [0, 0.05) is 49.1 Å². The molecule has 2 amide bonds. The van der Waals surface area contributed by atoms with Crippen LogP contribution in [0.2, 0.25) is 0 Å². The molecule has 148 valence electrons. The Bertz CT molecular complexity index is 994. The number of nitrogens with zero attached hydrogens (tertiary/aromatic N) is 4. The van der Waals surface area contributed by atoms with Crippen LogP contribution >= 0.6 is 0 Å². The zero-order valence-corrected chi connectivity index (χ0v) is 15.8. The summed E-state index contributed by atoms with van der Waals surface area (Å²) in [6.45, 7) is 3.16. The van der Waals surface area contributed by atoms with Crippen LogP contribution in [0.25, 0.3) is 6.08 Å². The second-order valence-electron chi connectivity index (χ2n) is 6.89. The molecule has 2 aliphatic heterocycles. The minimum Gasteiger partial charge on any atom is -0.367 e. The van der Waals surface area contributed by atoms with Gasteiger partial charge in [-0.2, -0.15) is 10.2 Å². The lowest BCUT2D eigenvalue weighted by Gasteiger charge is -2.37. The number of amides is 2. The van der Waals surface area contributed by atoms with E-state index < -0.39 is 5.91 Å². The summed E-state index contributed by atoms with van der Waals surface area (Å²) in [4.78, 5) is 28.2. The summed E-state index contributed by atoms with van der Waals surface area (Å²) in [6, 6.07) is 13.3. The number of nitrogens with one attached hydrogen (secondary N) is 1. The van der Waals surface area contributed by atoms with Gasteiger partial charge in [-0.25, -0.2) is 5.48 Å². The molecule has 0 spiro atoms. The highest BCUT2D eigenvalue weighted by molar-refractivity contribution is 5.95. The first-order valence-corrected chi connectivity index (χ1v) is 9.41. The lowest BCUT2D eigenvalue weighted by Crippen LogP contribution is -2.49. The van der Waals surface area contributed by atoms with Crippen molar-refractivity contribution in [2.75, 3.05) is 31.1 Å². The minimum atomic E-state index is -0.580. The first kappa shape index (κ1) is 18.8. The average Bonchev–Trinajstić information content (AvgIpc) is 3.25. The number of para-hydroxylation sites is 1. The van der Waals surface area contributed by atoms with Gasteiger partial charge in [0.2, 0.25) is 0 Å². The fourth-order valence-corrected chi connectivity index (χ4v) is 3.56. The van der Waals surface area contributed by atoms with Gasteiger partial charge in [-0.05, 0) is 29.8 Å². The zero-order chi connectivity index (χ0) is 20.2. The second kappa shape index (κ2) is 8.24. The Kier molecular flexibility index (Phi) is 5.35. The van der Waals surface area contributed by atoms with Gasteiger partial charge in [-0.1, -0.05) is 24.3 Å². The van der Waals surface area contributed by atoms with Crippen LogP contribution < -0.4 is 10.4 Å². The van der Waals surface area contributed by atoms with Crippen LogP contribution in [-0.4, -0.2) is 48.1 Å². The van der Waals surface area contributed by atoms with Crippen LogP contribution in [0.3, 0.4) is 0 Å². The molecule has 0 radical (unpaired) electrons. The Morgan fingerprint density at radius 3 is 2.66 bits per heavy atom. The zero-order valence-electron chi connectivity index (χ0n) is 15.8. The predicted octanol–water partition coefficient (Wildman–Crippen LogP) is 2.76. The van der Waals surface area contributed by atoms with Crippen LogP contribution in [0.4, 0.5) is 11.4 Å². The summed E-state index contributed by atoms with van der Waals surface area (Å²) in [6.07, 6.45) is 2.95. The highest BCUT2D eigenvalue weighted by Crippen LogP contribution is 2.28. The van der Waals surface area contributed by atoms with Gasteiger partial charge in [0.15, 0.2) is 0 Å². The van der Waals surface area contributed by atoms with Crippen molar-refractivity contribution >= 4 is 29.3 Å². The van der Waals surface area contributed by atoms with Crippen molar-refractivity contribution in [2.24, 2.45) is 10.2 Å². The predicted molar refractivity (Wildman–Crippen MR) is 108 cm³/mol. The number of carbonyl (C=O) groups excluding carboxylic acids is 2. The topological polar surface area (TPSA) is 97.6 Å². The molecule has 1 saturated heterocycles. The van der Waals surface area contributed by atoms with Gasteiger partial charge in [0.25, 0.3) is 11.8 Å². The largest absolute Gasteiger partial charge is 0.367 e. The van der Waals surface area contributed by atoms with Crippen LogP contribution in [0.5, 0.6) is 0 Å². The molecule has 29 heavy (non-hydrogen) atoms. The fourth-order valence-electron chi connectivity index (χ4n) is 3.56. The number of piperazine rings is 1. The molecule has 0 bridgehead atoms. The Morgan fingerprint density at radius 2 is 1.86 bits per heavy atom. The normalized spacial score (nSPS) is 15.6. The average molecular weight is 391 g/mol. The smallest absolute Gasteiger partial charge is 0.267 e. The summed E-state index contributed by atoms with van der Waals surface area (Å²) < 4.78 is 0. The number of hydroxylamine groups is 1. The number of carbonyl (C=O) groups is 2. The Hall–Kier alpha value is -3.52. The molecular formula is C21H21N5O3. The van der Waals surface area contributed by atoms with Gasteiger partial charge in [-0.3, -0.25) is 14.8 Å². The summed E-state index contributed by atoms with van der Waals surface area (Å²) >= 11 is 0. The molecule has 0 aliphatic carbocycles. The fraction of sp³-hybridized carbons (Fsp3) is 0.238. The summed E-state index contributed by atoms with van der Waals surface area (Å²) in [7, 11) is 0. The van der Waals surface area contributed by atoms with Crippen LogP contribution in [0.1, 0.15) is 21.5 Å². The van der Waals surface area contributed by atoms with Crippen molar-refractivity contribution in [1.29, 1.82) is 0 Å². The maximum atomic E-state index is 12.9. The van der Waals surface area contributed by atoms with E-state index in [9.17, 15) is 9.59 Å². The van der Waals surface area contributed by atoms with Crippen LogP contribution in [-0.2, 0) is 11.3 Å². The molecule has 0 unspecified atom stereocenters. The molecule has 2 aromatic carbocycles. The third kappa shape index (κ3) is 4.02. The molecular weight excluding hydrogens is 370 g/mol. The van der Waals surface area contributed by atoms with Crippen molar-refractivity contribution in [3.63, 3.8) is 0 Å². The lowest BCUT2D eigenvalue weighted by molar-refractivity contribution is -0.124. The SMILES string of the molecule is O=C(/C=C/c1ccccc1N1CCN(C(=O)c2ccc3c(c2)N=NC3)CC1)NO. The molecule has 1 fully saturated rings. The van der Waals surface area contributed by atoms with E-state index >= 15 is 0 Å². The van der Waals surface area contributed by atoms with Crippen molar-refractivity contribution in [2.45, 2.75) is 6.54 Å². The molecule has 4 rings (SSSR count). The molecule has 8 nitrogen and oxygen atoms in total. The monoisotopic (exact) mass is 391 g/mol. The summed E-state index contributed by atoms with van der Waals surface area (Å²) in [5.41, 5.74) is 5.91. The Labute approximate surface area is 168 Å². The van der Waals surface area contributed by atoms with Gasteiger partial charge in [-0.15, -0.1) is 0 Å².